The summed E-state index contributed by atoms with van der Waals surface area (Å²) in [5.41, 5.74) is 0.880. The Balaban J connectivity index is 1.40. The highest BCUT2D eigenvalue weighted by Crippen LogP contribution is 2.33. The predicted molar refractivity (Wildman–Crippen MR) is 112 cm³/mol. The molecule has 0 aliphatic carbocycles. The van der Waals surface area contributed by atoms with Crippen LogP contribution in [0.2, 0.25) is 0 Å². The van der Waals surface area contributed by atoms with Crippen molar-refractivity contribution in [3.05, 3.63) is 35.2 Å². The Hall–Kier alpha value is -1.68. The zero-order valence-electron chi connectivity index (χ0n) is 15.8. The summed E-state index contributed by atoms with van der Waals surface area (Å²) >= 11 is 2.85. The van der Waals surface area contributed by atoms with Gasteiger partial charge in [0.2, 0.25) is 0 Å². The van der Waals surface area contributed by atoms with Crippen molar-refractivity contribution in [3.8, 4) is 10.9 Å². The van der Waals surface area contributed by atoms with E-state index in [1.165, 1.54) is 22.7 Å². The van der Waals surface area contributed by atoms with Crippen molar-refractivity contribution in [2.75, 3.05) is 20.2 Å². The van der Waals surface area contributed by atoms with Gasteiger partial charge in [0.25, 0.3) is 15.2 Å². The van der Waals surface area contributed by atoms with Crippen molar-refractivity contribution in [2.45, 2.75) is 36.5 Å². The first kappa shape index (κ1) is 19.6. The molecule has 0 radical (unpaired) electrons. The molecular formula is C19H22N2O4S3. The van der Waals surface area contributed by atoms with Crippen molar-refractivity contribution in [3.63, 3.8) is 0 Å². The highest BCUT2D eigenvalue weighted by molar-refractivity contribution is 7.91. The molecule has 9 heteroatoms. The molecule has 2 aromatic heterocycles. The molecule has 150 valence electrons. The maximum Gasteiger partial charge on any atom is 0.274 e. The van der Waals surface area contributed by atoms with Crippen molar-refractivity contribution in [1.29, 1.82) is 0 Å². The van der Waals surface area contributed by atoms with Gasteiger partial charge in [-0.15, -0.1) is 11.3 Å². The van der Waals surface area contributed by atoms with Crippen LogP contribution in [0.1, 0.15) is 24.6 Å². The van der Waals surface area contributed by atoms with Crippen LogP contribution >= 0.6 is 22.7 Å². The fourth-order valence-electron chi connectivity index (χ4n) is 3.21. The number of thiophene rings is 1. The van der Waals surface area contributed by atoms with Crippen molar-refractivity contribution >= 4 is 42.9 Å². The standard InChI is InChI=1S/C19H22N2O4S3/c1-3-15-5-7-18(26-15)28(22,23)21-10-8-13(9-11-21)25-19-20-16-6-4-14(24-2)12-17(16)27-19/h4-7,12-13H,3,8-11H2,1-2H3. The average Bonchev–Trinajstić information content (AvgIpc) is 3.34. The van der Waals surface area contributed by atoms with E-state index in [9.17, 15) is 8.42 Å². The van der Waals surface area contributed by atoms with Gasteiger partial charge in [0.05, 0.1) is 17.3 Å². The molecule has 3 heterocycles. The molecule has 4 rings (SSSR count). The summed E-state index contributed by atoms with van der Waals surface area (Å²) in [4.78, 5) is 5.61. The molecule has 0 atom stereocenters. The van der Waals surface area contributed by atoms with Gasteiger partial charge in [-0.1, -0.05) is 18.3 Å². The third kappa shape index (κ3) is 3.89. The minimum Gasteiger partial charge on any atom is -0.497 e. The lowest BCUT2D eigenvalue weighted by Gasteiger charge is -2.30. The first-order valence-electron chi connectivity index (χ1n) is 9.19. The van der Waals surface area contributed by atoms with Gasteiger partial charge in [0.1, 0.15) is 16.1 Å². The molecule has 1 saturated heterocycles. The minimum absolute atomic E-state index is 0.0246. The number of ether oxygens (including phenoxy) is 2. The van der Waals surface area contributed by atoms with Crippen molar-refractivity contribution in [1.82, 2.24) is 9.29 Å². The van der Waals surface area contributed by atoms with Crippen LogP contribution in [0.3, 0.4) is 0 Å². The molecule has 0 saturated carbocycles. The molecular weight excluding hydrogens is 416 g/mol. The Morgan fingerprint density at radius 2 is 1.96 bits per heavy atom. The van der Waals surface area contributed by atoms with E-state index in [1.807, 2.05) is 31.2 Å². The zero-order valence-corrected chi connectivity index (χ0v) is 18.2. The van der Waals surface area contributed by atoms with E-state index < -0.39 is 10.0 Å². The Kier molecular flexibility index (Phi) is 5.59. The van der Waals surface area contributed by atoms with Crippen LogP contribution in [0.25, 0.3) is 10.2 Å². The summed E-state index contributed by atoms with van der Waals surface area (Å²) in [5.74, 6) is 0.793. The largest absolute Gasteiger partial charge is 0.497 e. The fraction of sp³-hybridized carbons (Fsp3) is 0.421. The summed E-state index contributed by atoms with van der Waals surface area (Å²) in [7, 11) is -1.77. The summed E-state index contributed by atoms with van der Waals surface area (Å²) in [6, 6.07) is 9.36. The van der Waals surface area contributed by atoms with Crippen LogP contribution in [0.15, 0.2) is 34.5 Å². The van der Waals surface area contributed by atoms with E-state index in [0.717, 1.165) is 27.3 Å². The van der Waals surface area contributed by atoms with Crippen LogP contribution < -0.4 is 9.47 Å². The maximum atomic E-state index is 12.8. The SMILES string of the molecule is CCc1ccc(S(=O)(=O)N2CCC(Oc3nc4ccc(OC)cc4s3)CC2)s1. The number of rotatable bonds is 6. The third-order valence-corrected chi connectivity index (χ3v) is 9.33. The number of aromatic nitrogens is 1. The van der Waals surface area contributed by atoms with Gasteiger partial charge < -0.3 is 9.47 Å². The highest BCUT2D eigenvalue weighted by atomic mass is 32.2. The number of hydrogen-bond donors (Lipinski definition) is 0. The monoisotopic (exact) mass is 438 g/mol. The van der Waals surface area contributed by atoms with E-state index in [0.29, 0.717) is 35.3 Å². The maximum absolute atomic E-state index is 12.8. The van der Waals surface area contributed by atoms with Gasteiger partial charge >= 0.3 is 0 Å². The van der Waals surface area contributed by atoms with E-state index in [4.69, 9.17) is 9.47 Å². The number of piperidine rings is 1. The number of aryl methyl sites for hydroxylation is 1. The summed E-state index contributed by atoms with van der Waals surface area (Å²) in [6.45, 7) is 2.96. The van der Waals surface area contributed by atoms with Gasteiger partial charge in [0.15, 0.2) is 0 Å². The summed E-state index contributed by atoms with van der Waals surface area (Å²) in [6.07, 6.45) is 2.14. The van der Waals surface area contributed by atoms with Crippen molar-refractivity contribution < 1.29 is 17.9 Å². The molecule has 0 bridgehead atoms. The smallest absolute Gasteiger partial charge is 0.274 e. The molecule has 0 amide bonds. The lowest BCUT2D eigenvalue weighted by molar-refractivity contribution is 0.135. The van der Waals surface area contributed by atoms with Gasteiger partial charge in [-0.25, -0.2) is 13.4 Å². The zero-order chi connectivity index (χ0) is 19.7. The molecule has 0 unspecified atom stereocenters. The number of fused-ring (bicyclic) bond motifs is 1. The third-order valence-electron chi connectivity index (χ3n) is 4.82. The molecule has 1 fully saturated rings. The van der Waals surface area contributed by atoms with Crippen LogP contribution in [0.4, 0.5) is 0 Å². The van der Waals surface area contributed by atoms with E-state index >= 15 is 0 Å². The van der Waals surface area contributed by atoms with Crippen LogP contribution in [0.5, 0.6) is 10.9 Å². The number of nitrogens with zero attached hydrogens (tertiary/aromatic N) is 2. The van der Waals surface area contributed by atoms with Gasteiger partial charge in [-0.2, -0.15) is 4.31 Å². The van der Waals surface area contributed by atoms with Gasteiger partial charge in [-0.3, -0.25) is 0 Å². The van der Waals surface area contributed by atoms with E-state index in [1.54, 1.807) is 17.5 Å². The lowest BCUT2D eigenvalue weighted by atomic mass is 10.1. The number of sulfonamides is 1. The molecule has 0 N–H and O–H groups in total. The second-order valence-electron chi connectivity index (χ2n) is 6.61. The number of hydrogen-bond acceptors (Lipinski definition) is 7. The quantitative estimate of drug-likeness (QED) is 0.578. The Morgan fingerprint density at radius 3 is 2.64 bits per heavy atom. The Labute approximate surface area is 172 Å². The molecule has 6 nitrogen and oxygen atoms in total. The number of methoxy groups -OCH3 is 1. The normalized spacial score (nSPS) is 16.5. The second-order valence-corrected chi connectivity index (χ2v) is 10.9. The number of thiazole rings is 1. The topological polar surface area (TPSA) is 68.7 Å². The molecule has 1 aliphatic rings. The van der Waals surface area contributed by atoms with Crippen LogP contribution in [-0.2, 0) is 16.4 Å². The van der Waals surface area contributed by atoms with Gasteiger partial charge in [-0.05, 0) is 49.6 Å². The number of benzene rings is 1. The van der Waals surface area contributed by atoms with E-state index in [2.05, 4.69) is 4.98 Å². The average molecular weight is 439 g/mol. The molecule has 28 heavy (non-hydrogen) atoms. The van der Waals surface area contributed by atoms with Crippen LogP contribution in [-0.4, -0.2) is 44.0 Å². The minimum atomic E-state index is -3.41. The molecule has 1 aliphatic heterocycles. The lowest BCUT2D eigenvalue weighted by Crippen LogP contribution is -2.41. The van der Waals surface area contributed by atoms with Crippen molar-refractivity contribution in [2.24, 2.45) is 0 Å². The first-order valence-corrected chi connectivity index (χ1v) is 12.3. The molecule has 3 aromatic rings. The molecule has 0 spiro atoms. The summed E-state index contributed by atoms with van der Waals surface area (Å²) in [5, 5.41) is 0.621. The Bertz CT molecular complexity index is 1070. The molecule has 1 aromatic carbocycles. The van der Waals surface area contributed by atoms with Crippen LogP contribution in [0, 0.1) is 0 Å². The Morgan fingerprint density at radius 1 is 1.18 bits per heavy atom. The first-order chi connectivity index (χ1) is 13.5. The fourth-order valence-corrected chi connectivity index (χ4v) is 7.04. The highest BCUT2D eigenvalue weighted by Gasteiger charge is 2.31. The second kappa shape index (κ2) is 7.98. The van der Waals surface area contributed by atoms with Gasteiger partial charge in [0, 0.05) is 18.0 Å². The predicted octanol–water partition coefficient (Wildman–Crippen LogP) is 4.16. The van der Waals surface area contributed by atoms with E-state index in [-0.39, 0.29) is 6.10 Å². The summed E-state index contributed by atoms with van der Waals surface area (Å²) < 4.78 is 40.0.